The molecule has 0 amide bonds. The van der Waals surface area contributed by atoms with Crippen molar-refractivity contribution in [3.05, 3.63) is 29.0 Å². The Labute approximate surface area is 119 Å². The van der Waals surface area contributed by atoms with Gasteiger partial charge in [0.1, 0.15) is 11.9 Å². The SMILES string of the molecule is O=C(O)C1CC(O)CN1S(=O)(=O)c1ccc(F)c(Cl)c1. The first-order valence-electron chi connectivity index (χ1n) is 5.61. The quantitative estimate of drug-likeness (QED) is 0.853. The van der Waals surface area contributed by atoms with Crippen molar-refractivity contribution in [1.29, 1.82) is 0 Å². The molecular weight excluding hydrogens is 313 g/mol. The molecule has 1 fully saturated rings. The van der Waals surface area contributed by atoms with Gasteiger partial charge >= 0.3 is 5.97 Å². The second-order valence-corrected chi connectivity index (χ2v) is 6.69. The summed E-state index contributed by atoms with van der Waals surface area (Å²) in [7, 11) is -4.16. The number of carboxylic acid groups (broad SMARTS) is 1. The van der Waals surface area contributed by atoms with Crippen LogP contribution < -0.4 is 0 Å². The summed E-state index contributed by atoms with van der Waals surface area (Å²) in [5.41, 5.74) is 0. The van der Waals surface area contributed by atoms with Gasteiger partial charge in [0.15, 0.2) is 0 Å². The fourth-order valence-corrected chi connectivity index (χ4v) is 3.95. The minimum Gasteiger partial charge on any atom is -0.480 e. The van der Waals surface area contributed by atoms with Crippen LogP contribution in [0.15, 0.2) is 23.1 Å². The van der Waals surface area contributed by atoms with Gasteiger partial charge in [0.2, 0.25) is 10.0 Å². The lowest BCUT2D eigenvalue weighted by atomic mass is 10.2. The number of β-amino-alcohol motifs (C(OH)–C–C–N with tert-alkyl or cyclic N) is 1. The molecule has 20 heavy (non-hydrogen) atoms. The molecule has 1 heterocycles. The van der Waals surface area contributed by atoms with Gasteiger partial charge in [-0.05, 0) is 18.2 Å². The van der Waals surface area contributed by atoms with Crippen LogP contribution in [0.4, 0.5) is 4.39 Å². The standard InChI is InChI=1S/C11H11ClFNO5S/c12-8-4-7(1-2-9(8)13)20(18,19)14-5-6(15)3-10(14)11(16)17/h1-2,4,6,10,15H,3,5H2,(H,16,17). The summed E-state index contributed by atoms with van der Waals surface area (Å²) in [5.74, 6) is -2.12. The molecule has 0 saturated carbocycles. The Morgan fingerprint density at radius 1 is 1.45 bits per heavy atom. The first-order valence-corrected chi connectivity index (χ1v) is 7.43. The van der Waals surface area contributed by atoms with Gasteiger partial charge in [-0.2, -0.15) is 4.31 Å². The van der Waals surface area contributed by atoms with Crippen LogP contribution in [-0.2, 0) is 14.8 Å². The molecule has 6 nitrogen and oxygen atoms in total. The van der Waals surface area contributed by atoms with Crippen LogP contribution in [-0.4, -0.2) is 47.6 Å². The van der Waals surface area contributed by atoms with Crippen molar-refractivity contribution in [2.24, 2.45) is 0 Å². The molecule has 9 heteroatoms. The van der Waals surface area contributed by atoms with Gasteiger partial charge in [0.05, 0.1) is 16.0 Å². The van der Waals surface area contributed by atoms with Gasteiger partial charge in [-0.15, -0.1) is 0 Å². The lowest BCUT2D eigenvalue weighted by Gasteiger charge is -2.20. The Kier molecular flexibility index (Phi) is 4.01. The van der Waals surface area contributed by atoms with E-state index in [1.807, 2.05) is 0 Å². The molecule has 2 atom stereocenters. The number of aliphatic hydroxyl groups is 1. The lowest BCUT2D eigenvalue weighted by Crippen LogP contribution is -2.40. The number of hydrogen-bond acceptors (Lipinski definition) is 4. The van der Waals surface area contributed by atoms with Crippen molar-refractivity contribution in [2.45, 2.75) is 23.5 Å². The number of benzene rings is 1. The highest BCUT2D eigenvalue weighted by Gasteiger charge is 2.43. The molecule has 2 rings (SSSR count). The van der Waals surface area contributed by atoms with Gasteiger partial charge in [-0.25, -0.2) is 12.8 Å². The van der Waals surface area contributed by atoms with E-state index in [1.165, 1.54) is 0 Å². The third kappa shape index (κ3) is 2.64. The van der Waals surface area contributed by atoms with E-state index < -0.39 is 34.0 Å². The summed E-state index contributed by atoms with van der Waals surface area (Å²) < 4.78 is 38.4. The number of nitrogens with zero attached hydrogens (tertiary/aromatic N) is 1. The second-order valence-electron chi connectivity index (χ2n) is 4.39. The average molecular weight is 324 g/mol. The van der Waals surface area contributed by atoms with Crippen molar-refractivity contribution in [3.63, 3.8) is 0 Å². The number of carboxylic acids is 1. The Hall–Kier alpha value is -1.22. The van der Waals surface area contributed by atoms with E-state index in [0.717, 1.165) is 18.2 Å². The number of carbonyl (C=O) groups is 1. The molecule has 1 aliphatic heterocycles. The lowest BCUT2D eigenvalue weighted by molar-refractivity contribution is -0.140. The van der Waals surface area contributed by atoms with Gasteiger partial charge in [0.25, 0.3) is 0 Å². The zero-order valence-electron chi connectivity index (χ0n) is 10.0. The average Bonchev–Trinajstić information content (AvgIpc) is 2.75. The molecule has 2 N–H and O–H groups in total. The van der Waals surface area contributed by atoms with Crippen molar-refractivity contribution in [1.82, 2.24) is 4.31 Å². The Balaban J connectivity index is 2.43. The monoisotopic (exact) mass is 323 g/mol. The van der Waals surface area contributed by atoms with Crippen LogP contribution in [0.2, 0.25) is 5.02 Å². The Morgan fingerprint density at radius 2 is 2.10 bits per heavy atom. The molecule has 1 aliphatic rings. The number of halogens is 2. The predicted octanol–water partition coefficient (Wildman–Crippen LogP) is 0.688. The van der Waals surface area contributed by atoms with E-state index in [1.54, 1.807) is 0 Å². The molecule has 1 aromatic rings. The maximum absolute atomic E-state index is 13.1. The minimum absolute atomic E-state index is 0.191. The van der Waals surface area contributed by atoms with E-state index in [9.17, 15) is 22.7 Å². The predicted molar refractivity (Wildman–Crippen MR) is 67.3 cm³/mol. The molecule has 2 unspecified atom stereocenters. The molecule has 110 valence electrons. The van der Waals surface area contributed by atoms with E-state index >= 15 is 0 Å². The minimum atomic E-state index is -4.16. The number of rotatable bonds is 3. The normalized spacial score (nSPS) is 23.9. The summed E-state index contributed by atoms with van der Waals surface area (Å²) in [6.45, 7) is -0.325. The van der Waals surface area contributed by atoms with Crippen LogP contribution in [0.5, 0.6) is 0 Å². The zero-order valence-corrected chi connectivity index (χ0v) is 11.6. The molecule has 0 aliphatic carbocycles. The van der Waals surface area contributed by atoms with Gasteiger partial charge < -0.3 is 10.2 Å². The third-order valence-corrected chi connectivity index (χ3v) is 5.18. The number of aliphatic carboxylic acids is 1. The number of aliphatic hydroxyl groups excluding tert-OH is 1. The molecule has 0 aromatic heterocycles. The molecular formula is C11H11ClFNO5S. The Bertz CT molecular complexity index is 650. The smallest absolute Gasteiger partial charge is 0.322 e. The van der Waals surface area contributed by atoms with Gasteiger partial charge in [-0.1, -0.05) is 11.6 Å². The van der Waals surface area contributed by atoms with Crippen molar-refractivity contribution in [3.8, 4) is 0 Å². The van der Waals surface area contributed by atoms with Gasteiger partial charge in [0, 0.05) is 13.0 Å². The summed E-state index contributed by atoms with van der Waals surface area (Å²) in [4.78, 5) is 10.7. The van der Waals surface area contributed by atoms with Crippen LogP contribution >= 0.6 is 11.6 Å². The number of sulfonamides is 1. The van der Waals surface area contributed by atoms with Crippen LogP contribution in [0.1, 0.15) is 6.42 Å². The summed E-state index contributed by atoms with van der Waals surface area (Å²) in [5, 5.41) is 18.1. The largest absolute Gasteiger partial charge is 0.480 e. The van der Waals surface area contributed by atoms with Crippen molar-refractivity contribution in [2.75, 3.05) is 6.54 Å². The highest BCUT2D eigenvalue weighted by Crippen LogP contribution is 2.28. The summed E-state index contributed by atoms with van der Waals surface area (Å²) in [6, 6.07) is 1.45. The number of hydrogen-bond donors (Lipinski definition) is 2. The zero-order chi connectivity index (χ0) is 15.1. The molecule has 1 aromatic carbocycles. The summed E-state index contributed by atoms with van der Waals surface area (Å²) >= 11 is 5.53. The van der Waals surface area contributed by atoms with E-state index in [2.05, 4.69) is 0 Å². The van der Waals surface area contributed by atoms with Crippen LogP contribution in [0, 0.1) is 5.82 Å². The van der Waals surface area contributed by atoms with E-state index in [-0.39, 0.29) is 22.9 Å². The van der Waals surface area contributed by atoms with E-state index in [0.29, 0.717) is 4.31 Å². The first-order chi connectivity index (χ1) is 9.23. The third-order valence-electron chi connectivity index (χ3n) is 3.02. The van der Waals surface area contributed by atoms with Crippen molar-refractivity contribution < 1.29 is 27.8 Å². The highest BCUT2D eigenvalue weighted by molar-refractivity contribution is 7.89. The van der Waals surface area contributed by atoms with Crippen LogP contribution in [0.25, 0.3) is 0 Å². The van der Waals surface area contributed by atoms with Crippen LogP contribution in [0.3, 0.4) is 0 Å². The molecule has 1 saturated heterocycles. The Morgan fingerprint density at radius 3 is 2.65 bits per heavy atom. The fourth-order valence-electron chi connectivity index (χ4n) is 2.05. The molecule has 0 spiro atoms. The maximum atomic E-state index is 13.1. The van der Waals surface area contributed by atoms with E-state index in [4.69, 9.17) is 16.7 Å². The maximum Gasteiger partial charge on any atom is 0.322 e. The molecule has 0 radical (unpaired) electrons. The molecule has 0 bridgehead atoms. The first kappa shape index (κ1) is 15.2. The topological polar surface area (TPSA) is 94.9 Å². The summed E-state index contributed by atoms with van der Waals surface area (Å²) in [6.07, 6.45) is -1.24. The highest BCUT2D eigenvalue weighted by atomic mass is 35.5. The van der Waals surface area contributed by atoms with Crippen molar-refractivity contribution >= 4 is 27.6 Å². The van der Waals surface area contributed by atoms with Gasteiger partial charge in [-0.3, -0.25) is 4.79 Å². The second kappa shape index (κ2) is 5.28. The fraction of sp³-hybridized carbons (Fsp3) is 0.364.